The smallest absolute Gasteiger partial charge is 0.0641 e. The molecule has 0 spiro atoms. The molecule has 1 rings (SSSR count). The molecule has 0 bridgehead atoms. The first kappa shape index (κ1) is 12.6. The molecule has 0 aliphatic rings. The molecule has 0 atom stereocenters. The topological polar surface area (TPSA) is 35.2 Å². The third-order valence-corrected chi connectivity index (χ3v) is 2.69. The average molecular weight is 225 g/mol. The average Bonchev–Trinajstić information content (AvgIpc) is 2.17. The molecule has 1 aromatic rings. The van der Waals surface area contributed by atoms with E-state index in [0.29, 0.717) is 6.61 Å². The highest BCUT2D eigenvalue weighted by Crippen LogP contribution is 2.16. The van der Waals surface area contributed by atoms with Gasteiger partial charge in [0.2, 0.25) is 0 Å². The maximum Gasteiger partial charge on any atom is 0.0641 e. The van der Waals surface area contributed by atoms with Gasteiger partial charge < -0.3 is 10.5 Å². The summed E-state index contributed by atoms with van der Waals surface area (Å²) in [7, 11) is 0. The van der Waals surface area contributed by atoms with E-state index in [1.165, 1.54) is 4.90 Å². The van der Waals surface area contributed by atoms with E-state index in [2.05, 4.69) is 12.1 Å². The van der Waals surface area contributed by atoms with Crippen LogP contribution >= 0.6 is 11.8 Å². The lowest BCUT2D eigenvalue weighted by molar-refractivity contribution is 0.110. The SMILES string of the molecule is CC(C)(N)COCCSc1ccccc1. The highest BCUT2D eigenvalue weighted by molar-refractivity contribution is 7.99. The van der Waals surface area contributed by atoms with Crippen LogP contribution in [0.25, 0.3) is 0 Å². The first-order chi connectivity index (χ1) is 7.08. The Morgan fingerprint density at radius 2 is 1.93 bits per heavy atom. The van der Waals surface area contributed by atoms with Crippen LogP contribution in [0.15, 0.2) is 35.2 Å². The number of ether oxygens (including phenoxy) is 1. The van der Waals surface area contributed by atoms with E-state index in [1.807, 2.05) is 32.0 Å². The Morgan fingerprint density at radius 1 is 1.27 bits per heavy atom. The van der Waals surface area contributed by atoms with Gasteiger partial charge in [-0.15, -0.1) is 11.8 Å². The molecule has 0 unspecified atom stereocenters. The van der Waals surface area contributed by atoms with Crippen molar-refractivity contribution in [2.45, 2.75) is 24.3 Å². The van der Waals surface area contributed by atoms with Crippen LogP contribution in [0.1, 0.15) is 13.8 Å². The lowest BCUT2D eigenvalue weighted by Gasteiger charge is -2.17. The minimum Gasteiger partial charge on any atom is -0.379 e. The molecule has 0 aliphatic heterocycles. The maximum absolute atomic E-state index is 5.80. The van der Waals surface area contributed by atoms with Gasteiger partial charge >= 0.3 is 0 Å². The quantitative estimate of drug-likeness (QED) is 0.597. The molecule has 0 amide bonds. The van der Waals surface area contributed by atoms with Crippen LogP contribution in [0.3, 0.4) is 0 Å². The van der Waals surface area contributed by atoms with Crippen LogP contribution in [0, 0.1) is 0 Å². The highest BCUT2D eigenvalue weighted by atomic mass is 32.2. The largest absolute Gasteiger partial charge is 0.379 e. The van der Waals surface area contributed by atoms with E-state index in [0.717, 1.165) is 12.4 Å². The highest BCUT2D eigenvalue weighted by Gasteiger charge is 2.09. The van der Waals surface area contributed by atoms with Crippen molar-refractivity contribution in [3.8, 4) is 0 Å². The third kappa shape index (κ3) is 6.55. The molecule has 0 saturated carbocycles. The van der Waals surface area contributed by atoms with Crippen molar-refractivity contribution in [2.75, 3.05) is 19.0 Å². The molecule has 0 heterocycles. The minimum absolute atomic E-state index is 0.225. The van der Waals surface area contributed by atoms with Gasteiger partial charge in [-0.25, -0.2) is 0 Å². The Hall–Kier alpha value is -0.510. The number of hydrogen-bond donors (Lipinski definition) is 1. The molecule has 0 aromatic heterocycles. The van der Waals surface area contributed by atoms with Gasteiger partial charge in [0.05, 0.1) is 13.2 Å². The van der Waals surface area contributed by atoms with Crippen LogP contribution in [0.2, 0.25) is 0 Å². The van der Waals surface area contributed by atoms with Gasteiger partial charge in [-0.2, -0.15) is 0 Å². The van der Waals surface area contributed by atoms with Crippen molar-refractivity contribution in [2.24, 2.45) is 5.73 Å². The Labute approximate surface area is 96.2 Å². The summed E-state index contributed by atoms with van der Waals surface area (Å²) >= 11 is 1.81. The van der Waals surface area contributed by atoms with Gasteiger partial charge in [-0.3, -0.25) is 0 Å². The fraction of sp³-hybridized carbons (Fsp3) is 0.500. The predicted molar refractivity (Wildman–Crippen MR) is 66.3 cm³/mol. The lowest BCUT2D eigenvalue weighted by Crippen LogP contribution is -2.37. The van der Waals surface area contributed by atoms with E-state index in [1.54, 1.807) is 11.8 Å². The lowest BCUT2D eigenvalue weighted by atomic mass is 10.1. The zero-order chi connectivity index (χ0) is 11.1. The number of benzene rings is 1. The van der Waals surface area contributed by atoms with Gasteiger partial charge in [-0.1, -0.05) is 18.2 Å². The summed E-state index contributed by atoms with van der Waals surface area (Å²) in [5.41, 5.74) is 5.57. The van der Waals surface area contributed by atoms with Crippen molar-refractivity contribution < 1.29 is 4.74 Å². The molecule has 0 radical (unpaired) electrons. The standard InChI is InChI=1S/C12H19NOS/c1-12(2,13)10-14-8-9-15-11-6-4-3-5-7-11/h3-7H,8-10,13H2,1-2H3. The third-order valence-electron chi connectivity index (χ3n) is 1.71. The Balaban J connectivity index is 2.08. The van der Waals surface area contributed by atoms with Crippen molar-refractivity contribution in [1.29, 1.82) is 0 Å². The summed E-state index contributed by atoms with van der Waals surface area (Å²) in [6.45, 7) is 5.30. The normalized spacial score (nSPS) is 11.7. The molecule has 0 saturated heterocycles. The predicted octanol–water partition coefficient (Wildman–Crippen LogP) is 2.53. The monoisotopic (exact) mass is 225 g/mol. The maximum atomic E-state index is 5.80. The van der Waals surface area contributed by atoms with E-state index >= 15 is 0 Å². The number of thioether (sulfide) groups is 1. The second-order valence-corrected chi connectivity index (χ2v) is 5.37. The summed E-state index contributed by atoms with van der Waals surface area (Å²) in [6, 6.07) is 10.3. The van der Waals surface area contributed by atoms with E-state index in [-0.39, 0.29) is 5.54 Å². The zero-order valence-corrected chi connectivity index (χ0v) is 10.2. The first-order valence-corrected chi connectivity index (χ1v) is 6.11. The number of hydrogen-bond acceptors (Lipinski definition) is 3. The van der Waals surface area contributed by atoms with Crippen molar-refractivity contribution in [3.63, 3.8) is 0 Å². The summed E-state index contributed by atoms with van der Waals surface area (Å²) in [6.07, 6.45) is 0. The molecular weight excluding hydrogens is 206 g/mol. The van der Waals surface area contributed by atoms with Gasteiger partial charge in [0.15, 0.2) is 0 Å². The first-order valence-electron chi connectivity index (χ1n) is 5.12. The van der Waals surface area contributed by atoms with Crippen molar-refractivity contribution in [1.82, 2.24) is 0 Å². The number of nitrogens with two attached hydrogens (primary N) is 1. The van der Waals surface area contributed by atoms with Gasteiger partial charge in [-0.05, 0) is 26.0 Å². The van der Waals surface area contributed by atoms with E-state index in [9.17, 15) is 0 Å². The van der Waals surface area contributed by atoms with Gasteiger partial charge in [0, 0.05) is 16.2 Å². The second-order valence-electron chi connectivity index (χ2n) is 4.20. The molecule has 15 heavy (non-hydrogen) atoms. The molecular formula is C12H19NOS. The zero-order valence-electron chi connectivity index (χ0n) is 9.40. The van der Waals surface area contributed by atoms with Crippen LogP contribution in [-0.4, -0.2) is 24.5 Å². The van der Waals surface area contributed by atoms with Gasteiger partial charge in [0.25, 0.3) is 0 Å². The Kier molecular flexibility index (Phi) is 5.15. The van der Waals surface area contributed by atoms with Crippen LogP contribution in [0.4, 0.5) is 0 Å². The fourth-order valence-corrected chi connectivity index (χ4v) is 1.86. The Morgan fingerprint density at radius 3 is 2.53 bits per heavy atom. The minimum atomic E-state index is -0.225. The van der Waals surface area contributed by atoms with Gasteiger partial charge in [0.1, 0.15) is 0 Å². The fourth-order valence-electron chi connectivity index (χ4n) is 1.07. The molecule has 2 N–H and O–H groups in total. The second kappa shape index (κ2) is 6.16. The molecule has 0 fully saturated rings. The van der Waals surface area contributed by atoms with Crippen LogP contribution in [0.5, 0.6) is 0 Å². The molecule has 3 heteroatoms. The van der Waals surface area contributed by atoms with Crippen molar-refractivity contribution in [3.05, 3.63) is 30.3 Å². The summed E-state index contributed by atoms with van der Waals surface area (Å²) in [4.78, 5) is 1.29. The summed E-state index contributed by atoms with van der Waals surface area (Å²) in [5.74, 6) is 0.972. The molecule has 1 aromatic carbocycles. The van der Waals surface area contributed by atoms with Crippen LogP contribution < -0.4 is 5.73 Å². The van der Waals surface area contributed by atoms with E-state index in [4.69, 9.17) is 10.5 Å². The Bertz CT molecular complexity index is 269. The summed E-state index contributed by atoms with van der Waals surface area (Å²) < 4.78 is 5.47. The molecule has 84 valence electrons. The molecule has 0 aliphatic carbocycles. The number of rotatable bonds is 6. The van der Waals surface area contributed by atoms with Crippen LogP contribution in [-0.2, 0) is 4.74 Å². The van der Waals surface area contributed by atoms with E-state index < -0.39 is 0 Å². The summed E-state index contributed by atoms with van der Waals surface area (Å²) in [5, 5.41) is 0. The molecule has 2 nitrogen and oxygen atoms in total. The van der Waals surface area contributed by atoms with Crippen molar-refractivity contribution >= 4 is 11.8 Å².